The summed E-state index contributed by atoms with van der Waals surface area (Å²) in [7, 11) is 0. The number of carbonyl (C=O) groups is 1. The van der Waals surface area contributed by atoms with Crippen LogP contribution < -0.4 is 10.2 Å². The van der Waals surface area contributed by atoms with Crippen molar-refractivity contribution in [2.24, 2.45) is 11.0 Å². The molecule has 1 aromatic rings. The van der Waals surface area contributed by atoms with Crippen LogP contribution in [-0.4, -0.2) is 29.4 Å². The standard InChI is InChI=1S/C16H19FN2O3/c1-4-11-13(22-8-10(3)20)6-5-12(15(11)17)16-9(2)7-14(21)18-19-16/h4-6,9-10,20H,1,7-8H2,2-3H3,(H,18,21). The number of aliphatic hydroxyl groups excluding tert-OH is 1. The summed E-state index contributed by atoms with van der Waals surface area (Å²) in [5.74, 6) is -0.548. The number of rotatable bonds is 5. The van der Waals surface area contributed by atoms with Crippen LogP contribution in [-0.2, 0) is 4.79 Å². The molecule has 2 N–H and O–H groups in total. The quantitative estimate of drug-likeness (QED) is 0.875. The Morgan fingerprint density at radius 2 is 2.36 bits per heavy atom. The van der Waals surface area contributed by atoms with Gasteiger partial charge in [0.15, 0.2) is 0 Å². The van der Waals surface area contributed by atoms with Crippen LogP contribution in [0.4, 0.5) is 4.39 Å². The SMILES string of the molecule is C=Cc1c(OCC(C)O)ccc(C2=NNC(=O)CC2C)c1F. The van der Waals surface area contributed by atoms with E-state index in [2.05, 4.69) is 17.1 Å². The maximum Gasteiger partial charge on any atom is 0.240 e. The Kier molecular flexibility index (Phi) is 4.92. The molecule has 1 aromatic carbocycles. The summed E-state index contributed by atoms with van der Waals surface area (Å²) < 4.78 is 20.1. The van der Waals surface area contributed by atoms with E-state index in [-0.39, 0.29) is 30.4 Å². The largest absolute Gasteiger partial charge is 0.490 e. The Labute approximate surface area is 128 Å². The van der Waals surface area contributed by atoms with E-state index in [1.165, 1.54) is 6.08 Å². The maximum absolute atomic E-state index is 14.7. The molecule has 1 amide bonds. The summed E-state index contributed by atoms with van der Waals surface area (Å²) in [4.78, 5) is 11.3. The van der Waals surface area contributed by atoms with E-state index in [0.29, 0.717) is 17.0 Å². The number of hydrazone groups is 1. The molecule has 1 aliphatic rings. The third-order valence-electron chi connectivity index (χ3n) is 3.36. The average Bonchev–Trinajstić information content (AvgIpc) is 2.46. The lowest BCUT2D eigenvalue weighted by Crippen LogP contribution is -2.32. The third-order valence-corrected chi connectivity index (χ3v) is 3.36. The molecule has 118 valence electrons. The molecule has 0 saturated carbocycles. The van der Waals surface area contributed by atoms with Gasteiger partial charge in [-0.05, 0) is 19.1 Å². The fourth-order valence-electron chi connectivity index (χ4n) is 2.28. The van der Waals surface area contributed by atoms with Gasteiger partial charge in [0.05, 0.1) is 17.4 Å². The number of carbonyl (C=O) groups excluding carboxylic acids is 1. The molecule has 22 heavy (non-hydrogen) atoms. The van der Waals surface area contributed by atoms with Crippen LogP contribution in [0.15, 0.2) is 23.8 Å². The molecule has 0 bridgehead atoms. The highest BCUT2D eigenvalue weighted by Gasteiger charge is 2.25. The molecule has 2 unspecified atom stereocenters. The van der Waals surface area contributed by atoms with Crippen LogP contribution in [0.25, 0.3) is 6.08 Å². The van der Waals surface area contributed by atoms with Crippen molar-refractivity contribution in [3.05, 3.63) is 35.7 Å². The Bertz CT molecular complexity index is 626. The van der Waals surface area contributed by atoms with Crippen molar-refractivity contribution in [1.82, 2.24) is 5.43 Å². The van der Waals surface area contributed by atoms with Crippen LogP contribution in [0.3, 0.4) is 0 Å². The van der Waals surface area contributed by atoms with Gasteiger partial charge in [-0.3, -0.25) is 4.79 Å². The van der Waals surface area contributed by atoms with Gasteiger partial charge >= 0.3 is 0 Å². The number of hydrogen-bond acceptors (Lipinski definition) is 4. The molecule has 2 atom stereocenters. The Balaban J connectivity index is 2.38. The van der Waals surface area contributed by atoms with Gasteiger partial charge in [0.2, 0.25) is 5.91 Å². The molecule has 0 radical (unpaired) electrons. The summed E-state index contributed by atoms with van der Waals surface area (Å²) in [6.45, 7) is 7.07. The predicted octanol–water partition coefficient (Wildman–Crippen LogP) is 2.09. The highest BCUT2D eigenvalue weighted by Crippen LogP contribution is 2.28. The minimum Gasteiger partial charge on any atom is -0.490 e. The zero-order chi connectivity index (χ0) is 16.3. The second-order valence-corrected chi connectivity index (χ2v) is 5.34. The molecule has 5 nitrogen and oxygen atoms in total. The monoisotopic (exact) mass is 306 g/mol. The number of amides is 1. The Morgan fingerprint density at radius 1 is 1.64 bits per heavy atom. The number of aliphatic hydroxyl groups is 1. The first-order valence-electron chi connectivity index (χ1n) is 7.06. The van der Waals surface area contributed by atoms with E-state index in [1.54, 1.807) is 19.1 Å². The first-order valence-corrected chi connectivity index (χ1v) is 7.06. The molecule has 1 heterocycles. The van der Waals surface area contributed by atoms with Crippen LogP contribution >= 0.6 is 0 Å². The van der Waals surface area contributed by atoms with Gasteiger partial charge in [0, 0.05) is 17.9 Å². The second-order valence-electron chi connectivity index (χ2n) is 5.34. The minimum absolute atomic E-state index is 0.0625. The van der Waals surface area contributed by atoms with Crippen LogP contribution in [0, 0.1) is 11.7 Å². The predicted molar refractivity (Wildman–Crippen MR) is 82.1 cm³/mol. The van der Waals surface area contributed by atoms with Gasteiger partial charge in [-0.15, -0.1) is 0 Å². The number of nitrogens with one attached hydrogen (secondary N) is 1. The van der Waals surface area contributed by atoms with E-state index in [0.717, 1.165) is 0 Å². The lowest BCUT2D eigenvalue weighted by Gasteiger charge is -2.21. The normalized spacial score (nSPS) is 19.2. The van der Waals surface area contributed by atoms with E-state index < -0.39 is 11.9 Å². The van der Waals surface area contributed by atoms with Crippen LogP contribution in [0.1, 0.15) is 31.4 Å². The van der Waals surface area contributed by atoms with Gasteiger partial charge in [-0.2, -0.15) is 5.10 Å². The molecule has 2 rings (SSSR count). The number of halogens is 1. The molecule has 1 aliphatic heterocycles. The van der Waals surface area contributed by atoms with Crippen molar-refractivity contribution < 1.29 is 19.0 Å². The maximum atomic E-state index is 14.7. The Morgan fingerprint density at radius 3 is 2.95 bits per heavy atom. The zero-order valence-electron chi connectivity index (χ0n) is 12.6. The first kappa shape index (κ1) is 16.2. The van der Waals surface area contributed by atoms with Crippen LogP contribution in [0.5, 0.6) is 5.75 Å². The highest BCUT2D eigenvalue weighted by molar-refractivity contribution is 6.06. The van der Waals surface area contributed by atoms with Crippen molar-refractivity contribution >= 4 is 17.7 Å². The summed E-state index contributed by atoms with van der Waals surface area (Å²) in [6.07, 6.45) is 0.975. The minimum atomic E-state index is -0.654. The lowest BCUT2D eigenvalue weighted by atomic mass is 9.92. The molecular formula is C16H19FN2O3. The summed E-state index contributed by atoms with van der Waals surface area (Å²) in [5, 5.41) is 13.2. The molecule has 0 aromatic heterocycles. The van der Waals surface area contributed by atoms with Crippen molar-refractivity contribution in [1.29, 1.82) is 0 Å². The van der Waals surface area contributed by atoms with Crippen molar-refractivity contribution in [2.75, 3.05) is 6.61 Å². The van der Waals surface area contributed by atoms with Crippen LogP contribution in [0.2, 0.25) is 0 Å². The van der Waals surface area contributed by atoms with Crippen molar-refractivity contribution in [2.45, 2.75) is 26.4 Å². The van der Waals surface area contributed by atoms with E-state index >= 15 is 0 Å². The van der Waals surface area contributed by atoms with E-state index in [9.17, 15) is 14.3 Å². The van der Waals surface area contributed by atoms with Crippen molar-refractivity contribution in [3.8, 4) is 5.75 Å². The lowest BCUT2D eigenvalue weighted by molar-refractivity contribution is -0.121. The van der Waals surface area contributed by atoms with Gasteiger partial charge < -0.3 is 9.84 Å². The fourth-order valence-corrected chi connectivity index (χ4v) is 2.28. The molecule has 0 spiro atoms. The topological polar surface area (TPSA) is 70.9 Å². The number of ether oxygens (including phenoxy) is 1. The third kappa shape index (κ3) is 3.33. The zero-order valence-corrected chi connectivity index (χ0v) is 12.6. The molecule has 0 fully saturated rings. The molecule has 6 heteroatoms. The average molecular weight is 306 g/mol. The number of hydrogen-bond donors (Lipinski definition) is 2. The Hall–Kier alpha value is -2.21. The molecule has 0 aliphatic carbocycles. The second kappa shape index (κ2) is 6.70. The fraction of sp³-hybridized carbons (Fsp3) is 0.375. The first-order chi connectivity index (χ1) is 10.4. The van der Waals surface area contributed by atoms with Gasteiger partial charge in [-0.25, -0.2) is 9.82 Å². The van der Waals surface area contributed by atoms with Gasteiger partial charge in [0.25, 0.3) is 0 Å². The highest BCUT2D eigenvalue weighted by atomic mass is 19.1. The van der Waals surface area contributed by atoms with Gasteiger partial charge in [-0.1, -0.05) is 19.6 Å². The molecule has 0 saturated heterocycles. The van der Waals surface area contributed by atoms with Crippen molar-refractivity contribution in [3.63, 3.8) is 0 Å². The molecular weight excluding hydrogens is 287 g/mol. The summed E-state index contributed by atoms with van der Waals surface area (Å²) in [5.41, 5.74) is 3.39. The smallest absolute Gasteiger partial charge is 0.240 e. The number of nitrogens with zero attached hydrogens (tertiary/aromatic N) is 1. The van der Waals surface area contributed by atoms with E-state index in [1.807, 2.05) is 6.92 Å². The number of benzene rings is 1. The van der Waals surface area contributed by atoms with E-state index in [4.69, 9.17) is 4.74 Å². The summed E-state index contributed by atoms with van der Waals surface area (Å²) in [6, 6.07) is 3.18. The van der Waals surface area contributed by atoms with Gasteiger partial charge in [0.1, 0.15) is 18.2 Å². The summed E-state index contributed by atoms with van der Waals surface area (Å²) >= 11 is 0.